The van der Waals surface area contributed by atoms with Crippen LogP contribution < -0.4 is 22.1 Å². The highest BCUT2D eigenvalue weighted by Crippen LogP contribution is 2.10. The standard InChI is InChI=1S/C23H33N5O5/c1-3-9-17(25)21(30)26-15-20(29)28(2)19(14-16-10-5-4-6-11-16)22(31)27-18(23(32)33)12-7-8-13-24/h1,4-6,10-11,17-19H,7-9,12-15,24-25H2,2H3,(H,26,30)(H,27,31)(H,32,33)/t17-,18+,19-/m0/s1. The number of benzene rings is 1. The van der Waals surface area contributed by atoms with Crippen LogP contribution in [0.3, 0.4) is 0 Å². The van der Waals surface area contributed by atoms with Crippen LogP contribution in [0.15, 0.2) is 30.3 Å². The smallest absolute Gasteiger partial charge is 0.326 e. The molecule has 0 aliphatic rings. The number of aliphatic carboxylic acids is 1. The number of hydrogen-bond acceptors (Lipinski definition) is 6. The molecule has 0 bridgehead atoms. The Morgan fingerprint density at radius 3 is 2.39 bits per heavy atom. The largest absolute Gasteiger partial charge is 0.480 e. The van der Waals surface area contributed by atoms with Crippen molar-refractivity contribution in [2.24, 2.45) is 11.5 Å². The van der Waals surface area contributed by atoms with E-state index in [1.54, 1.807) is 24.3 Å². The number of hydrogen-bond donors (Lipinski definition) is 5. The monoisotopic (exact) mass is 459 g/mol. The Labute approximate surface area is 194 Å². The average Bonchev–Trinajstić information content (AvgIpc) is 2.80. The number of unbranched alkanes of at least 4 members (excludes halogenated alkanes) is 1. The summed E-state index contributed by atoms with van der Waals surface area (Å²) < 4.78 is 0. The lowest BCUT2D eigenvalue weighted by Gasteiger charge is -2.29. The van der Waals surface area contributed by atoms with E-state index in [9.17, 15) is 24.3 Å². The Morgan fingerprint density at radius 1 is 1.15 bits per heavy atom. The topological polar surface area (TPSA) is 168 Å². The van der Waals surface area contributed by atoms with E-state index in [4.69, 9.17) is 17.9 Å². The number of likely N-dealkylation sites (N-methyl/N-ethyl adjacent to an activating group) is 1. The summed E-state index contributed by atoms with van der Waals surface area (Å²) in [5, 5.41) is 14.4. The molecule has 33 heavy (non-hydrogen) atoms. The number of carboxylic acid groups (broad SMARTS) is 1. The fraction of sp³-hybridized carbons (Fsp3) is 0.478. The first kappa shape index (κ1) is 27.6. The lowest BCUT2D eigenvalue weighted by atomic mass is 10.0. The normalized spacial score (nSPS) is 13.2. The van der Waals surface area contributed by atoms with E-state index >= 15 is 0 Å². The van der Waals surface area contributed by atoms with Gasteiger partial charge in [0.15, 0.2) is 0 Å². The molecule has 1 rings (SSSR count). The number of nitrogens with zero attached hydrogens (tertiary/aromatic N) is 1. The van der Waals surface area contributed by atoms with Gasteiger partial charge in [0.05, 0.1) is 12.6 Å². The Kier molecular flexibility index (Phi) is 12.2. The van der Waals surface area contributed by atoms with Gasteiger partial charge in [-0.2, -0.15) is 0 Å². The summed E-state index contributed by atoms with van der Waals surface area (Å²) in [6.07, 6.45) is 6.71. The summed E-state index contributed by atoms with van der Waals surface area (Å²) >= 11 is 0. The molecule has 0 aliphatic carbocycles. The zero-order chi connectivity index (χ0) is 24.8. The molecule has 0 radical (unpaired) electrons. The molecule has 3 atom stereocenters. The van der Waals surface area contributed by atoms with Crippen LogP contribution in [0.25, 0.3) is 0 Å². The molecule has 7 N–H and O–H groups in total. The molecule has 0 unspecified atom stereocenters. The average molecular weight is 460 g/mol. The van der Waals surface area contributed by atoms with Crippen molar-refractivity contribution in [3.63, 3.8) is 0 Å². The Bertz CT molecular complexity index is 839. The van der Waals surface area contributed by atoms with Crippen LogP contribution >= 0.6 is 0 Å². The highest BCUT2D eigenvalue weighted by atomic mass is 16.4. The Morgan fingerprint density at radius 2 is 1.82 bits per heavy atom. The van der Waals surface area contributed by atoms with Gasteiger partial charge in [-0.3, -0.25) is 14.4 Å². The molecule has 1 aromatic carbocycles. The number of nitrogens with one attached hydrogen (secondary N) is 2. The van der Waals surface area contributed by atoms with Crippen LogP contribution in [-0.2, 0) is 25.6 Å². The van der Waals surface area contributed by atoms with E-state index in [0.29, 0.717) is 19.4 Å². The molecule has 0 saturated heterocycles. The third kappa shape index (κ3) is 9.72. The van der Waals surface area contributed by atoms with Gasteiger partial charge in [0.2, 0.25) is 17.7 Å². The number of terminal acetylenes is 1. The summed E-state index contributed by atoms with van der Waals surface area (Å²) in [6.45, 7) is 0.0376. The minimum absolute atomic E-state index is 0.0234. The Balaban J connectivity index is 2.94. The van der Waals surface area contributed by atoms with Crippen molar-refractivity contribution in [1.82, 2.24) is 15.5 Å². The molecule has 10 heteroatoms. The summed E-state index contributed by atoms with van der Waals surface area (Å²) in [4.78, 5) is 50.5. The second-order valence-electron chi connectivity index (χ2n) is 7.63. The van der Waals surface area contributed by atoms with Gasteiger partial charge in [-0.15, -0.1) is 12.3 Å². The first-order valence-corrected chi connectivity index (χ1v) is 10.7. The minimum atomic E-state index is -1.16. The summed E-state index contributed by atoms with van der Waals surface area (Å²) in [6, 6.07) is 5.98. The number of rotatable bonds is 14. The van der Waals surface area contributed by atoms with Gasteiger partial charge in [-0.25, -0.2) is 4.79 Å². The van der Waals surface area contributed by atoms with Crippen LogP contribution in [0.1, 0.15) is 31.2 Å². The van der Waals surface area contributed by atoms with Crippen molar-refractivity contribution in [3.05, 3.63) is 35.9 Å². The van der Waals surface area contributed by atoms with Crippen molar-refractivity contribution < 1.29 is 24.3 Å². The SMILES string of the molecule is C#CC[C@H](N)C(=O)NCC(=O)N(C)[C@@H](Cc1ccccc1)C(=O)N[C@H](CCCCN)C(=O)O. The molecule has 0 spiro atoms. The number of carbonyl (C=O) groups is 4. The highest BCUT2D eigenvalue weighted by Gasteiger charge is 2.30. The molecule has 0 aromatic heterocycles. The van der Waals surface area contributed by atoms with Crippen molar-refractivity contribution in [3.8, 4) is 12.3 Å². The summed E-state index contributed by atoms with van der Waals surface area (Å²) in [5.74, 6) is -0.613. The van der Waals surface area contributed by atoms with Gasteiger partial charge in [0, 0.05) is 19.9 Å². The molecule has 180 valence electrons. The number of carbonyl (C=O) groups excluding carboxylic acids is 3. The number of amides is 3. The first-order valence-electron chi connectivity index (χ1n) is 10.7. The number of nitrogens with two attached hydrogens (primary N) is 2. The molecule has 0 heterocycles. The van der Waals surface area contributed by atoms with Crippen LogP contribution in [0, 0.1) is 12.3 Å². The predicted octanol–water partition coefficient (Wildman–Crippen LogP) is -0.779. The maximum absolute atomic E-state index is 13.1. The van der Waals surface area contributed by atoms with Crippen molar-refractivity contribution in [1.29, 1.82) is 0 Å². The van der Waals surface area contributed by atoms with E-state index in [0.717, 1.165) is 5.56 Å². The van der Waals surface area contributed by atoms with Crippen LogP contribution in [0.5, 0.6) is 0 Å². The van der Waals surface area contributed by atoms with Crippen molar-refractivity contribution >= 4 is 23.7 Å². The van der Waals surface area contributed by atoms with E-state index < -0.39 is 41.8 Å². The van der Waals surface area contributed by atoms with E-state index in [1.807, 2.05) is 6.07 Å². The fourth-order valence-electron chi connectivity index (χ4n) is 3.07. The molecule has 0 fully saturated rings. The Hall–Kier alpha value is -3.42. The van der Waals surface area contributed by atoms with Gasteiger partial charge in [-0.1, -0.05) is 30.3 Å². The quantitative estimate of drug-likeness (QED) is 0.180. The van der Waals surface area contributed by atoms with Crippen LogP contribution in [0.4, 0.5) is 0 Å². The predicted molar refractivity (Wildman–Crippen MR) is 124 cm³/mol. The van der Waals surface area contributed by atoms with Crippen LogP contribution in [-0.4, -0.2) is 72.0 Å². The second kappa shape index (κ2) is 14.6. The third-order valence-electron chi connectivity index (χ3n) is 5.09. The first-order chi connectivity index (χ1) is 15.7. The van der Waals surface area contributed by atoms with Gasteiger partial charge < -0.3 is 32.1 Å². The molecular weight excluding hydrogens is 426 g/mol. The molecule has 0 saturated carbocycles. The highest BCUT2D eigenvalue weighted by molar-refractivity contribution is 5.92. The van der Waals surface area contributed by atoms with E-state index in [2.05, 4.69) is 16.6 Å². The maximum atomic E-state index is 13.1. The maximum Gasteiger partial charge on any atom is 0.326 e. The molecule has 1 aromatic rings. The van der Waals surface area contributed by atoms with Crippen LogP contribution in [0.2, 0.25) is 0 Å². The zero-order valence-corrected chi connectivity index (χ0v) is 18.8. The summed E-state index contributed by atoms with van der Waals surface area (Å²) in [7, 11) is 1.42. The van der Waals surface area contributed by atoms with Gasteiger partial charge in [0.1, 0.15) is 12.1 Å². The molecule has 3 amide bonds. The molecular formula is C23H33N5O5. The van der Waals surface area contributed by atoms with Gasteiger partial charge in [-0.05, 0) is 31.4 Å². The summed E-state index contributed by atoms with van der Waals surface area (Å²) in [5.41, 5.74) is 11.9. The molecule has 10 nitrogen and oxygen atoms in total. The second-order valence-corrected chi connectivity index (χ2v) is 7.63. The number of carboxylic acids is 1. The third-order valence-corrected chi connectivity index (χ3v) is 5.09. The fourth-order valence-corrected chi connectivity index (χ4v) is 3.07. The zero-order valence-electron chi connectivity index (χ0n) is 18.8. The van der Waals surface area contributed by atoms with Gasteiger partial charge >= 0.3 is 5.97 Å². The lowest BCUT2D eigenvalue weighted by Crippen LogP contribution is -2.55. The van der Waals surface area contributed by atoms with Crippen molar-refractivity contribution in [2.45, 2.75) is 50.2 Å². The van der Waals surface area contributed by atoms with Crippen molar-refractivity contribution in [2.75, 3.05) is 20.1 Å². The molecule has 0 aliphatic heterocycles. The van der Waals surface area contributed by atoms with E-state index in [1.165, 1.54) is 11.9 Å². The van der Waals surface area contributed by atoms with E-state index in [-0.39, 0.29) is 25.8 Å². The van der Waals surface area contributed by atoms with Gasteiger partial charge in [0.25, 0.3) is 0 Å². The lowest BCUT2D eigenvalue weighted by molar-refractivity contribution is -0.144. The minimum Gasteiger partial charge on any atom is -0.480 e.